The van der Waals surface area contributed by atoms with E-state index in [-0.39, 0.29) is 29.3 Å². The fourth-order valence-electron chi connectivity index (χ4n) is 4.84. The zero-order chi connectivity index (χ0) is 23.8. The van der Waals surface area contributed by atoms with Crippen LogP contribution in [0.25, 0.3) is 0 Å². The van der Waals surface area contributed by atoms with Crippen molar-refractivity contribution in [3.05, 3.63) is 53.6 Å². The number of amides is 2. The molecule has 2 aliphatic heterocycles. The fourth-order valence-corrected chi connectivity index (χ4v) is 6.41. The molecule has 2 heterocycles. The minimum atomic E-state index is -3.74. The molecule has 4 rings (SSSR count). The second kappa shape index (κ2) is 9.27. The summed E-state index contributed by atoms with van der Waals surface area (Å²) in [6.07, 6.45) is 2.84. The molecule has 0 unspecified atom stereocenters. The number of piperidine rings is 1. The van der Waals surface area contributed by atoms with Crippen molar-refractivity contribution in [3.63, 3.8) is 0 Å². The molecule has 7 nitrogen and oxygen atoms in total. The van der Waals surface area contributed by atoms with Gasteiger partial charge in [0.25, 0.3) is 0 Å². The Morgan fingerprint density at radius 3 is 2.52 bits per heavy atom. The van der Waals surface area contributed by atoms with Crippen LogP contribution in [0.1, 0.15) is 44.7 Å². The van der Waals surface area contributed by atoms with E-state index in [1.807, 2.05) is 31.2 Å². The minimum absolute atomic E-state index is 0.00455. The fraction of sp³-hybridized carbons (Fsp3) is 0.440. The average molecular weight is 470 g/mol. The molecule has 2 atom stereocenters. The molecule has 176 valence electrons. The highest BCUT2D eigenvalue weighted by molar-refractivity contribution is 7.89. The summed E-state index contributed by atoms with van der Waals surface area (Å²) in [4.78, 5) is 26.7. The van der Waals surface area contributed by atoms with Gasteiger partial charge in [0.05, 0.1) is 10.8 Å². The van der Waals surface area contributed by atoms with Crippen LogP contribution in [-0.2, 0) is 32.5 Å². The zero-order valence-corrected chi connectivity index (χ0v) is 20.2. The van der Waals surface area contributed by atoms with Gasteiger partial charge < -0.3 is 10.2 Å². The van der Waals surface area contributed by atoms with E-state index >= 15 is 0 Å². The lowest BCUT2D eigenvalue weighted by Gasteiger charge is -2.31. The van der Waals surface area contributed by atoms with Crippen molar-refractivity contribution in [1.82, 2.24) is 4.31 Å². The van der Waals surface area contributed by atoms with Gasteiger partial charge in [-0.1, -0.05) is 19.1 Å². The first-order chi connectivity index (χ1) is 15.7. The van der Waals surface area contributed by atoms with Crippen LogP contribution in [-0.4, -0.2) is 43.7 Å². The second-order valence-electron chi connectivity index (χ2n) is 8.97. The van der Waals surface area contributed by atoms with Crippen molar-refractivity contribution in [3.8, 4) is 0 Å². The Bertz CT molecular complexity index is 1160. The van der Waals surface area contributed by atoms with Crippen molar-refractivity contribution >= 4 is 33.2 Å². The number of anilines is 2. The lowest BCUT2D eigenvalue weighted by atomic mass is 9.98. The largest absolute Gasteiger partial charge is 0.326 e. The smallest absolute Gasteiger partial charge is 0.243 e. The van der Waals surface area contributed by atoms with Crippen LogP contribution in [0.3, 0.4) is 0 Å². The number of fused-ring (bicyclic) bond motifs is 1. The van der Waals surface area contributed by atoms with E-state index in [0.29, 0.717) is 25.8 Å². The van der Waals surface area contributed by atoms with Gasteiger partial charge in [-0.25, -0.2) is 8.42 Å². The SMILES string of the molecule is CCc1ccc(NC(=O)[C@@H]2CCCN(S(=O)(=O)c3ccc4c(c3)C[C@@H](C)N4C(C)=O)C2)cc1. The number of carbonyl (C=O) groups is 2. The lowest BCUT2D eigenvalue weighted by Crippen LogP contribution is -2.43. The van der Waals surface area contributed by atoms with Crippen molar-refractivity contribution in [2.45, 2.75) is 57.4 Å². The number of sulfonamides is 1. The number of benzene rings is 2. The van der Waals surface area contributed by atoms with Gasteiger partial charge in [0.2, 0.25) is 21.8 Å². The maximum atomic E-state index is 13.4. The van der Waals surface area contributed by atoms with Gasteiger partial charge in [0.1, 0.15) is 0 Å². The van der Waals surface area contributed by atoms with E-state index in [1.54, 1.807) is 23.1 Å². The minimum Gasteiger partial charge on any atom is -0.326 e. The highest BCUT2D eigenvalue weighted by Crippen LogP contribution is 2.35. The molecular weight excluding hydrogens is 438 g/mol. The van der Waals surface area contributed by atoms with Crippen molar-refractivity contribution in [1.29, 1.82) is 0 Å². The van der Waals surface area contributed by atoms with Crippen molar-refractivity contribution in [2.24, 2.45) is 5.92 Å². The third kappa shape index (κ3) is 4.68. The molecule has 0 saturated carbocycles. The number of aryl methyl sites for hydroxylation is 1. The monoisotopic (exact) mass is 469 g/mol. The van der Waals surface area contributed by atoms with Gasteiger partial charge in [-0.3, -0.25) is 9.59 Å². The van der Waals surface area contributed by atoms with Crippen LogP contribution < -0.4 is 10.2 Å². The van der Waals surface area contributed by atoms with E-state index in [4.69, 9.17) is 0 Å². The molecule has 0 aliphatic carbocycles. The van der Waals surface area contributed by atoms with Gasteiger partial charge >= 0.3 is 0 Å². The summed E-state index contributed by atoms with van der Waals surface area (Å²) in [5.41, 5.74) is 3.55. The van der Waals surface area contributed by atoms with Gasteiger partial charge in [-0.2, -0.15) is 4.31 Å². The molecule has 1 N–H and O–H groups in total. The molecule has 2 aromatic carbocycles. The third-order valence-corrected chi connectivity index (χ3v) is 8.49. The van der Waals surface area contributed by atoms with Crippen LogP contribution in [0.15, 0.2) is 47.4 Å². The van der Waals surface area contributed by atoms with Crippen LogP contribution >= 0.6 is 0 Å². The number of hydrogen-bond acceptors (Lipinski definition) is 4. The molecule has 1 saturated heterocycles. The maximum absolute atomic E-state index is 13.4. The highest BCUT2D eigenvalue weighted by atomic mass is 32.2. The normalized spacial score (nSPS) is 21.0. The summed E-state index contributed by atoms with van der Waals surface area (Å²) in [7, 11) is -3.74. The Morgan fingerprint density at radius 1 is 1.12 bits per heavy atom. The van der Waals surface area contributed by atoms with Gasteiger partial charge in [0, 0.05) is 37.4 Å². The molecule has 2 amide bonds. The number of nitrogens with one attached hydrogen (secondary N) is 1. The van der Waals surface area contributed by atoms with Crippen molar-refractivity contribution in [2.75, 3.05) is 23.3 Å². The molecule has 8 heteroatoms. The first-order valence-electron chi connectivity index (χ1n) is 11.5. The van der Waals surface area contributed by atoms with E-state index in [9.17, 15) is 18.0 Å². The van der Waals surface area contributed by atoms with Gasteiger partial charge in [-0.15, -0.1) is 0 Å². The molecule has 33 heavy (non-hydrogen) atoms. The molecular formula is C25H31N3O4S. The van der Waals surface area contributed by atoms with E-state index in [0.717, 1.165) is 23.4 Å². The Balaban J connectivity index is 1.49. The van der Waals surface area contributed by atoms with Crippen LogP contribution in [0.5, 0.6) is 0 Å². The Labute approximate surface area is 195 Å². The summed E-state index contributed by atoms with van der Waals surface area (Å²) in [5.74, 6) is -0.605. The number of hydrogen-bond donors (Lipinski definition) is 1. The quantitative estimate of drug-likeness (QED) is 0.725. The Hall–Kier alpha value is -2.71. The number of nitrogens with zero attached hydrogens (tertiary/aromatic N) is 2. The summed E-state index contributed by atoms with van der Waals surface area (Å²) in [5, 5.41) is 2.93. The Kier molecular flexibility index (Phi) is 6.59. The van der Waals surface area contributed by atoms with Gasteiger partial charge in [-0.05, 0) is 74.1 Å². The van der Waals surface area contributed by atoms with Crippen LogP contribution in [0.4, 0.5) is 11.4 Å². The van der Waals surface area contributed by atoms with Crippen LogP contribution in [0, 0.1) is 5.92 Å². The van der Waals surface area contributed by atoms with Crippen molar-refractivity contribution < 1.29 is 18.0 Å². The Morgan fingerprint density at radius 2 is 1.85 bits per heavy atom. The third-order valence-electron chi connectivity index (χ3n) is 6.63. The zero-order valence-electron chi connectivity index (χ0n) is 19.4. The molecule has 0 spiro atoms. The lowest BCUT2D eigenvalue weighted by molar-refractivity contribution is -0.121. The first kappa shape index (κ1) is 23.4. The molecule has 0 aromatic heterocycles. The number of carbonyl (C=O) groups excluding carboxylic acids is 2. The number of rotatable bonds is 5. The standard InChI is InChI=1S/C25H31N3O4S/c1-4-19-7-9-22(10-8-19)26-25(30)20-6-5-13-27(16-20)33(31,32)23-11-12-24-21(15-23)14-17(2)28(24)18(3)29/h7-12,15,17,20H,4-6,13-14,16H2,1-3H3,(H,26,30)/t17-,20-/m1/s1. The first-order valence-corrected chi connectivity index (χ1v) is 13.0. The van der Waals surface area contributed by atoms with Gasteiger partial charge in [0.15, 0.2) is 0 Å². The van der Waals surface area contributed by atoms with E-state index < -0.39 is 15.9 Å². The molecule has 2 aromatic rings. The second-order valence-corrected chi connectivity index (χ2v) is 10.9. The van der Waals surface area contributed by atoms with Crippen LogP contribution in [0.2, 0.25) is 0 Å². The summed E-state index contributed by atoms with van der Waals surface area (Å²) >= 11 is 0. The summed E-state index contributed by atoms with van der Waals surface area (Å²) < 4.78 is 28.2. The van der Waals surface area contributed by atoms with E-state index in [1.165, 1.54) is 16.8 Å². The predicted octanol–water partition coefficient (Wildman–Crippen LogP) is 3.59. The average Bonchev–Trinajstić information content (AvgIpc) is 3.14. The molecule has 1 fully saturated rings. The predicted molar refractivity (Wildman–Crippen MR) is 129 cm³/mol. The maximum Gasteiger partial charge on any atom is 0.243 e. The topological polar surface area (TPSA) is 86.8 Å². The molecule has 0 radical (unpaired) electrons. The molecule has 2 aliphatic rings. The summed E-state index contributed by atoms with van der Waals surface area (Å²) in [6, 6.07) is 12.7. The molecule has 0 bridgehead atoms. The van der Waals surface area contributed by atoms with E-state index in [2.05, 4.69) is 12.2 Å². The summed E-state index contributed by atoms with van der Waals surface area (Å²) in [6.45, 7) is 6.11. The highest BCUT2D eigenvalue weighted by Gasteiger charge is 2.35.